The normalized spacial score (nSPS) is 16.7. The Hall–Kier alpha value is -1.55. The number of benzene rings is 1. The molecule has 0 N–H and O–H groups in total. The molecule has 0 atom stereocenters. The van der Waals surface area contributed by atoms with Crippen molar-refractivity contribution in [2.75, 3.05) is 0 Å². The molecule has 0 spiro atoms. The average molecular weight is 278 g/mol. The summed E-state index contributed by atoms with van der Waals surface area (Å²) in [5, 5.41) is 4.94. The van der Waals surface area contributed by atoms with Crippen LogP contribution in [0.15, 0.2) is 35.4 Å². The number of hydrogen-bond donors (Lipinski definition) is 0. The standard InChI is InChI=1S/C14H16ClN3O/c15-11-6-8-12(9-7-11)17-10-16-18(14(17)19)13-4-2-1-3-5-13/h6-10,13H,1-5H2. The van der Waals surface area contributed by atoms with Gasteiger partial charge in [-0.2, -0.15) is 5.10 Å². The van der Waals surface area contributed by atoms with Crippen LogP contribution in [0.1, 0.15) is 38.1 Å². The van der Waals surface area contributed by atoms with Crippen LogP contribution in [-0.4, -0.2) is 14.3 Å². The lowest BCUT2D eigenvalue weighted by molar-refractivity contribution is 0.321. The van der Waals surface area contributed by atoms with E-state index >= 15 is 0 Å². The van der Waals surface area contributed by atoms with Crippen molar-refractivity contribution in [1.82, 2.24) is 14.3 Å². The zero-order valence-electron chi connectivity index (χ0n) is 10.6. The van der Waals surface area contributed by atoms with Gasteiger partial charge in [0.05, 0.1) is 11.7 Å². The molecular weight excluding hydrogens is 262 g/mol. The molecule has 1 heterocycles. The molecule has 4 nitrogen and oxygen atoms in total. The molecule has 0 radical (unpaired) electrons. The van der Waals surface area contributed by atoms with Gasteiger partial charge in [0.2, 0.25) is 0 Å². The summed E-state index contributed by atoms with van der Waals surface area (Å²) < 4.78 is 3.21. The summed E-state index contributed by atoms with van der Waals surface area (Å²) >= 11 is 5.86. The fraction of sp³-hybridized carbons (Fsp3) is 0.429. The number of rotatable bonds is 2. The van der Waals surface area contributed by atoms with E-state index in [2.05, 4.69) is 5.10 Å². The number of nitrogens with zero attached hydrogens (tertiary/aromatic N) is 3. The first-order valence-electron chi connectivity index (χ1n) is 6.68. The monoisotopic (exact) mass is 277 g/mol. The van der Waals surface area contributed by atoms with E-state index < -0.39 is 0 Å². The molecule has 1 saturated carbocycles. The summed E-state index contributed by atoms with van der Waals surface area (Å²) in [6, 6.07) is 7.48. The molecule has 0 aliphatic heterocycles. The highest BCUT2D eigenvalue weighted by Crippen LogP contribution is 2.26. The Bertz CT molecular complexity index is 608. The summed E-state index contributed by atoms with van der Waals surface area (Å²) in [6.45, 7) is 0. The maximum atomic E-state index is 12.4. The summed E-state index contributed by atoms with van der Waals surface area (Å²) in [6.07, 6.45) is 7.34. The van der Waals surface area contributed by atoms with Crippen LogP contribution in [0.2, 0.25) is 5.02 Å². The van der Waals surface area contributed by atoms with Crippen LogP contribution in [0.4, 0.5) is 0 Å². The topological polar surface area (TPSA) is 39.8 Å². The molecule has 1 aliphatic rings. The molecular formula is C14H16ClN3O. The summed E-state index contributed by atoms with van der Waals surface area (Å²) in [4.78, 5) is 12.4. The molecule has 0 unspecified atom stereocenters. The first-order valence-corrected chi connectivity index (χ1v) is 7.05. The van der Waals surface area contributed by atoms with Gasteiger partial charge in [0.25, 0.3) is 0 Å². The smallest absolute Gasteiger partial charge is 0.250 e. The SMILES string of the molecule is O=c1n(-c2ccc(Cl)cc2)cnn1C1CCCCC1. The largest absolute Gasteiger partial charge is 0.350 e. The van der Waals surface area contributed by atoms with Gasteiger partial charge in [-0.3, -0.25) is 0 Å². The fourth-order valence-electron chi connectivity index (χ4n) is 2.67. The lowest BCUT2D eigenvalue weighted by Gasteiger charge is -2.20. The van der Waals surface area contributed by atoms with Gasteiger partial charge in [0.15, 0.2) is 0 Å². The first kappa shape index (κ1) is 12.5. The fourth-order valence-corrected chi connectivity index (χ4v) is 2.80. The van der Waals surface area contributed by atoms with Crippen LogP contribution >= 0.6 is 11.6 Å². The van der Waals surface area contributed by atoms with E-state index in [0.717, 1.165) is 18.5 Å². The van der Waals surface area contributed by atoms with Crippen LogP contribution in [-0.2, 0) is 0 Å². The van der Waals surface area contributed by atoms with E-state index in [1.807, 2.05) is 12.1 Å². The Balaban J connectivity index is 1.94. The second kappa shape index (κ2) is 5.21. The minimum atomic E-state index is -0.0609. The Morgan fingerprint density at radius 1 is 1.11 bits per heavy atom. The quantitative estimate of drug-likeness (QED) is 0.846. The van der Waals surface area contributed by atoms with Crippen molar-refractivity contribution in [1.29, 1.82) is 0 Å². The highest BCUT2D eigenvalue weighted by molar-refractivity contribution is 6.30. The molecule has 2 aromatic rings. The predicted octanol–water partition coefficient (Wildman–Crippen LogP) is 3.19. The third kappa shape index (κ3) is 2.45. The van der Waals surface area contributed by atoms with Crippen molar-refractivity contribution >= 4 is 11.6 Å². The average Bonchev–Trinajstić information content (AvgIpc) is 2.83. The van der Waals surface area contributed by atoms with Crippen molar-refractivity contribution in [2.45, 2.75) is 38.1 Å². The molecule has 5 heteroatoms. The van der Waals surface area contributed by atoms with E-state index in [-0.39, 0.29) is 11.7 Å². The van der Waals surface area contributed by atoms with Crippen LogP contribution < -0.4 is 5.69 Å². The van der Waals surface area contributed by atoms with Crippen LogP contribution in [0, 0.1) is 0 Å². The zero-order valence-corrected chi connectivity index (χ0v) is 11.4. The number of halogens is 1. The van der Waals surface area contributed by atoms with E-state index in [1.165, 1.54) is 19.3 Å². The summed E-state index contributed by atoms with van der Waals surface area (Å²) in [5.74, 6) is 0. The second-order valence-electron chi connectivity index (χ2n) is 5.00. The van der Waals surface area contributed by atoms with E-state index in [9.17, 15) is 4.79 Å². The molecule has 100 valence electrons. The van der Waals surface area contributed by atoms with Crippen molar-refractivity contribution in [3.8, 4) is 5.69 Å². The Morgan fingerprint density at radius 2 is 1.79 bits per heavy atom. The van der Waals surface area contributed by atoms with Gasteiger partial charge in [-0.1, -0.05) is 30.9 Å². The van der Waals surface area contributed by atoms with Crippen molar-refractivity contribution in [2.24, 2.45) is 0 Å². The van der Waals surface area contributed by atoms with E-state index in [4.69, 9.17) is 11.6 Å². The Morgan fingerprint density at radius 3 is 2.47 bits per heavy atom. The molecule has 1 aliphatic carbocycles. The maximum absolute atomic E-state index is 12.4. The van der Waals surface area contributed by atoms with Crippen LogP contribution in [0.3, 0.4) is 0 Å². The number of hydrogen-bond acceptors (Lipinski definition) is 2. The van der Waals surface area contributed by atoms with Gasteiger partial charge in [-0.25, -0.2) is 14.0 Å². The Kier molecular flexibility index (Phi) is 3.42. The zero-order chi connectivity index (χ0) is 13.2. The second-order valence-corrected chi connectivity index (χ2v) is 5.43. The van der Waals surface area contributed by atoms with E-state index in [0.29, 0.717) is 5.02 Å². The minimum Gasteiger partial charge on any atom is -0.250 e. The molecule has 19 heavy (non-hydrogen) atoms. The van der Waals surface area contributed by atoms with Gasteiger partial charge in [-0.05, 0) is 37.1 Å². The number of aromatic nitrogens is 3. The molecule has 1 aromatic carbocycles. The van der Waals surface area contributed by atoms with Crippen molar-refractivity contribution in [3.05, 3.63) is 46.1 Å². The highest BCUT2D eigenvalue weighted by Gasteiger charge is 2.19. The molecule has 1 fully saturated rings. The van der Waals surface area contributed by atoms with Crippen molar-refractivity contribution < 1.29 is 0 Å². The molecule has 1 aromatic heterocycles. The van der Waals surface area contributed by atoms with Crippen LogP contribution in [0.5, 0.6) is 0 Å². The first-order chi connectivity index (χ1) is 9.25. The van der Waals surface area contributed by atoms with Crippen LogP contribution in [0.25, 0.3) is 5.69 Å². The van der Waals surface area contributed by atoms with Crippen molar-refractivity contribution in [3.63, 3.8) is 0 Å². The molecule has 0 bridgehead atoms. The van der Waals surface area contributed by atoms with Gasteiger partial charge >= 0.3 is 5.69 Å². The van der Waals surface area contributed by atoms with E-state index in [1.54, 1.807) is 27.7 Å². The molecule has 3 rings (SSSR count). The van der Waals surface area contributed by atoms with Gasteiger partial charge in [0, 0.05) is 5.02 Å². The van der Waals surface area contributed by atoms with Gasteiger partial charge in [0.1, 0.15) is 6.33 Å². The minimum absolute atomic E-state index is 0.0609. The third-order valence-electron chi connectivity index (χ3n) is 3.72. The molecule has 0 amide bonds. The highest BCUT2D eigenvalue weighted by atomic mass is 35.5. The van der Waals surface area contributed by atoms with Gasteiger partial charge in [-0.15, -0.1) is 0 Å². The van der Waals surface area contributed by atoms with Gasteiger partial charge < -0.3 is 0 Å². The predicted molar refractivity (Wildman–Crippen MR) is 75.0 cm³/mol. The summed E-state index contributed by atoms with van der Waals surface area (Å²) in [7, 11) is 0. The molecule has 0 saturated heterocycles. The lowest BCUT2D eigenvalue weighted by Crippen LogP contribution is -2.28. The maximum Gasteiger partial charge on any atom is 0.350 e. The third-order valence-corrected chi connectivity index (χ3v) is 3.97. The Labute approximate surface area is 116 Å². The lowest BCUT2D eigenvalue weighted by atomic mass is 9.96. The summed E-state index contributed by atoms with van der Waals surface area (Å²) in [5.41, 5.74) is 0.741.